The predicted molar refractivity (Wildman–Crippen MR) is 107 cm³/mol. The Morgan fingerprint density at radius 2 is 1.69 bits per heavy atom. The maximum atomic E-state index is 13.0. The number of carbonyl (C=O) groups is 1. The number of fused-ring (bicyclic) bond motifs is 1. The Kier molecular flexibility index (Phi) is 5.28. The molecule has 0 aliphatic carbocycles. The second-order valence-corrected chi connectivity index (χ2v) is 8.19. The third-order valence-electron chi connectivity index (χ3n) is 4.18. The summed E-state index contributed by atoms with van der Waals surface area (Å²) in [5, 5.41) is 1.17. The highest BCUT2D eigenvalue weighted by molar-refractivity contribution is 7.99. The Hall–Kier alpha value is -2.40. The van der Waals surface area contributed by atoms with E-state index in [4.69, 9.17) is 0 Å². The first-order chi connectivity index (χ1) is 12.4. The van der Waals surface area contributed by atoms with E-state index in [-0.39, 0.29) is 11.3 Å². The first-order valence-electron chi connectivity index (χ1n) is 8.56. The van der Waals surface area contributed by atoms with Crippen molar-refractivity contribution in [3.05, 3.63) is 70.5 Å². The van der Waals surface area contributed by atoms with Gasteiger partial charge in [0.05, 0.1) is 23.2 Å². The fraction of sp³-hybridized carbons (Fsp3) is 0.286. The molecule has 0 aliphatic rings. The highest BCUT2D eigenvalue weighted by atomic mass is 32.2. The van der Waals surface area contributed by atoms with E-state index < -0.39 is 5.41 Å². The van der Waals surface area contributed by atoms with Gasteiger partial charge in [0.2, 0.25) is 0 Å². The molecule has 0 N–H and O–H groups in total. The minimum absolute atomic E-state index is 0.0786. The summed E-state index contributed by atoms with van der Waals surface area (Å²) in [5.74, 6) is 0.430. The molecule has 3 aromatic rings. The van der Waals surface area contributed by atoms with Crippen molar-refractivity contribution < 1.29 is 4.79 Å². The lowest BCUT2D eigenvalue weighted by atomic mass is 9.92. The zero-order chi connectivity index (χ0) is 18.7. The Morgan fingerprint density at radius 3 is 2.38 bits per heavy atom. The molecule has 1 aromatic heterocycles. The van der Waals surface area contributed by atoms with Gasteiger partial charge in [-0.15, -0.1) is 0 Å². The van der Waals surface area contributed by atoms with Gasteiger partial charge in [0.25, 0.3) is 5.56 Å². The van der Waals surface area contributed by atoms with Crippen molar-refractivity contribution in [1.82, 2.24) is 9.55 Å². The molecular weight excluding hydrogens is 344 g/mol. The third kappa shape index (κ3) is 4.05. The van der Waals surface area contributed by atoms with Crippen LogP contribution in [0, 0.1) is 5.41 Å². The normalized spacial score (nSPS) is 11.7. The third-order valence-corrected chi connectivity index (χ3v) is 5.16. The summed E-state index contributed by atoms with van der Waals surface area (Å²) in [4.78, 5) is 30.0. The van der Waals surface area contributed by atoms with Gasteiger partial charge in [-0.2, -0.15) is 0 Å². The highest BCUT2D eigenvalue weighted by Crippen LogP contribution is 2.23. The van der Waals surface area contributed by atoms with Gasteiger partial charge < -0.3 is 0 Å². The average Bonchev–Trinajstić information content (AvgIpc) is 2.62. The van der Waals surface area contributed by atoms with Gasteiger partial charge in [-0.25, -0.2) is 4.98 Å². The van der Waals surface area contributed by atoms with Crippen molar-refractivity contribution >= 4 is 28.4 Å². The molecule has 0 saturated carbocycles. The second-order valence-electron chi connectivity index (χ2n) is 7.25. The predicted octanol–water partition coefficient (Wildman–Crippen LogP) is 4.15. The van der Waals surface area contributed by atoms with Gasteiger partial charge >= 0.3 is 0 Å². The van der Waals surface area contributed by atoms with E-state index in [1.54, 1.807) is 10.6 Å². The molecule has 26 heavy (non-hydrogen) atoms. The molecular formula is C21H22N2O2S. The van der Waals surface area contributed by atoms with Crippen molar-refractivity contribution in [3.63, 3.8) is 0 Å². The quantitative estimate of drug-likeness (QED) is 0.503. The summed E-state index contributed by atoms with van der Waals surface area (Å²) < 4.78 is 1.66. The van der Waals surface area contributed by atoms with Gasteiger partial charge in [0, 0.05) is 5.41 Å². The number of hydrogen-bond donors (Lipinski definition) is 0. The number of para-hydroxylation sites is 1. The van der Waals surface area contributed by atoms with Gasteiger partial charge in [-0.05, 0) is 17.7 Å². The summed E-state index contributed by atoms with van der Waals surface area (Å²) in [6.07, 6.45) is 0. The molecule has 0 atom stereocenters. The fourth-order valence-corrected chi connectivity index (χ4v) is 3.67. The average molecular weight is 366 g/mol. The highest BCUT2D eigenvalue weighted by Gasteiger charge is 2.22. The van der Waals surface area contributed by atoms with Crippen molar-refractivity contribution in [1.29, 1.82) is 0 Å². The van der Waals surface area contributed by atoms with Crippen molar-refractivity contribution in [3.8, 4) is 0 Å². The molecule has 2 aromatic carbocycles. The van der Waals surface area contributed by atoms with E-state index >= 15 is 0 Å². The molecule has 0 aliphatic heterocycles. The molecule has 0 radical (unpaired) electrons. The Labute approximate surface area is 157 Å². The maximum Gasteiger partial charge on any atom is 0.262 e. The number of hydrogen-bond acceptors (Lipinski definition) is 4. The van der Waals surface area contributed by atoms with Crippen LogP contribution in [0.5, 0.6) is 0 Å². The van der Waals surface area contributed by atoms with Crippen molar-refractivity contribution in [2.75, 3.05) is 5.75 Å². The SMILES string of the molecule is CC(C)(C)C(=O)CSc1nc2ccccc2c(=O)n1Cc1ccccc1. The smallest absolute Gasteiger partial charge is 0.262 e. The number of carbonyl (C=O) groups excluding carboxylic acids is 1. The van der Waals surface area contributed by atoms with E-state index in [0.29, 0.717) is 28.4 Å². The largest absolute Gasteiger partial charge is 0.298 e. The lowest BCUT2D eigenvalue weighted by Crippen LogP contribution is -2.26. The number of Topliss-reactive ketones (excluding diaryl/α,β-unsaturated/α-hetero) is 1. The molecule has 0 spiro atoms. The van der Waals surface area contributed by atoms with Crippen molar-refractivity contribution in [2.24, 2.45) is 5.41 Å². The van der Waals surface area contributed by atoms with Gasteiger partial charge in [0.15, 0.2) is 5.16 Å². The van der Waals surface area contributed by atoms with Gasteiger partial charge in [-0.1, -0.05) is 75.0 Å². The first-order valence-corrected chi connectivity index (χ1v) is 9.54. The zero-order valence-corrected chi connectivity index (χ0v) is 16.0. The van der Waals surface area contributed by atoms with E-state index in [1.165, 1.54) is 11.8 Å². The summed E-state index contributed by atoms with van der Waals surface area (Å²) in [7, 11) is 0. The summed E-state index contributed by atoms with van der Waals surface area (Å²) in [6.45, 7) is 6.14. The fourth-order valence-electron chi connectivity index (χ4n) is 2.51. The molecule has 4 nitrogen and oxygen atoms in total. The van der Waals surface area contributed by atoms with Gasteiger partial charge in [0.1, 0.15) is 5.78 Å². The van der Waals surface area contributed by atoms with Gasteiger partial charge in [-0.3, -0.25) is 14.2 Å². The van der Waals surface area contributed by atoms with Crippen molar-refractivity contribution in [2.45, 2.75) is 32.5 Å². The van der Waals surface area contributed by atoms with E-state index in [9.17, 15) is 9.59 Å². The van der Waals surface area contributed by atoms with Crippen LogP contribution in [-0.2, 0) is 11.3 Å². The lowest BCUT2D eigenvalue weighted by Gasteiger charge is -2.17. The lowest BCUT2D eigenvalue weighted by molar-refractivity contribution is -0.123. The van der Waals surface area contributed by atoms with Crippen LogP contribution in [-0.4, -0.2) is 21.1 Å². The summed E-state index contributed by atoms with van der Waals surface area (Å²) in [6, 6.07) is 17.1. The van der Waals surface area contributed by atoms with E-state index in [1.807, 2.05) is 69.3 Å². The molecule has 0 amide bonds. The Balaban J connectivity index is 2.03. The molecule has 134 valence electrons. The molecule has 5 heteroatoms. The molecule has 0 bridgehead atoms. The number of aromatic nitrogens is 2. The van der Waals surface area contributed by atoms with Crippen LogP contribution in [0.1, 0.15) is 26.3 Å². The molecule has 0 unspecified atom stereocenters. The van der Waals surface area contributed by atoms with Crippen LogP contribution < -0.4 is 5.56 Å². The number of nitrogens with zero attached hydrogens (tertiary/aromatic N) is 2. The van der Waals surface area contributed by atoms with Crippen LogP contribution in [0.4, 0.5) is 0 Å². The summed E-state index contributed by atoms with van der Waals surface area (Å²) >= 11 is 1.33. The topological polar surface area (TPSA) is 52.0 Å². The summed E-state index contributed by atoms with van der Waals surface area (Å²) in [5.41, 5.74) is 1.20. The van der Waals surface area contributed by atoms with Crippen LogP contribution in [0.3, 0.4) is 0 Å². The van der Waals surface area contributed by atoms with Crippen LogP contribution in [0.2, 0.25) is 0 Å². The monoisotopic (exact) mass is 366 g/mol. The van der Waals surface area contributed by atoms with Crippen LogP contribution in [0.25, 0.3) is 10.9 Å². The number of rotatable bonds is 5. The molecule has 3 rings (SSSR count). The molecule has 1 heterocycles. The minimum Gasteiger partial charge on any atom is -0.298 e. The Morgan fingerprint density at radius 1 is 1.04 bits per heavy atom. The number of ketones is 1. The van der Waals surface area contributed by atoms with Crippen LogP contribution >= 0.6 is 11.8 Å². The van der Waals surface area contributed by atoms with E-state index in [0.717, 1.165) is 5.56 Å². The molecule has 0 fully saturated rings. The standard InChI is InChI=1S/C21H22N2O2S/c1-21(2,3)18(24)14-26-20-22-17-12-8-7-11-16(17)19(25)23(20)13-15-9-5-4-6-10-15/h4-12H,13-14H2,1-3H3. The molecule has 0 saturated heterocycles. The Bertz CT molecular complexity index is 988. The zero-order valence-electron chi connectivity index (χ0n) is 15.2. The first kappa shape index (κ1) is 18.4. The second kappa shape index (κ2) is 7.46. The number of thioether (sulfide) groups is 1. The number of benzene rings is 2. The van der Waals surface area contributed by atoms with Crippen LogP contribution in [0.15, 0.2) is 64.5 Å². The maximum absolute atomic E-state index is 13.0. The minimum atomic E-state index is -0.408. The van der Waals surface area contributed by atoms with E-state index in [2.05, 4.69) is 4.98 Å².